The molecule has 5 nitrogen and oxygen atoms in total. The van der Waals surface area contributed by atoms with Crippen LogP contribution in [-0.2, 0) is 16.4 Å². The third kappa shape index (κ3) is 4.68. The van der Waals surface area contributed by atoms with Crippen LogP contribution in [0.2, 0.25) is 0 Å². The summed E-state index contributed by atoms with van der Waals surface area (Å²) in [6.45, 7) is 6.15. The van der Waals surface area contributed by atoms with Crippen LogP contribution in [0, 0.1) is 5.92 Å². The van der Waals surface area contributed by atoms with Gasteiger partial charge in [-0.25, -0.2) is 13.4 Å². The summed E-state index contributed by atoms with van der Waals surface area (Å²) in [7, 11) is -0.934. The molecule has 21 heavy (non-hydrogen) atoms. The van der Waals surface area contributed by atoms with Gasteiger partial charge in [-0.15, -0.1) is 0 Å². The SMILES string of the molecule is CC(C)CNCc1ccnc(N(C)C2CCS(=O)(=O)C2)c1. The summed E-state index contributed by atoms with van der Waals surface area (Å²) in [6.07, 6.45) is 2.48. The Labute approximate surface area is 127 Å². The molecule has 0 spiro atoms. The molecule has 0 aliphatic carbocycles. The summed E-state index contributed by atoms with van der Waals surface area (Å²) < 4.78 is 23.2. The Morgan fingerprint density at radius 3 is 2.86 bits per heavy atom. The van der Waals surface area contributed by atoms with Crippen molar-refractivity contribution in [2.45, 2.75) is 32.9 Å². The lowest BCUT2D eigenvalue weighted by atomic mass is 10.2. The minimum Gasteiger partial charge on any atom is -0.356 e. The van der Waals surface area contributed by atoms with Crippen LogP contribution < -0.4 is 10.2 Å². The minimum absolute atomic E-state index is 0.0429. The van der Waals surface area contributed by atoms with Gasteiger partial charge in [0, 0.05) is 25.8 Å². The first-order chi connectivity index (χ1) is 9.87. The van der Waals surface area contributed by atoms with Gasteiger partial charge >= 0.3 is 0 Å². The average Bonchev–Trinajstić information content (AvgIpc) is 2.78. The van der Waals surface area contributed by atoms with Gasteiger partial charge in [0.1, 0.15) is 5.82 Å². The summed E-state index contributed by atoms with van der Waals surface area (Å²) in [5.41, 5.74) is 1.17. The Morgan fingerprint density at radius 1 is 1.48 bits per heavy atom. The zero-order chi connectivity index (χ0) is 15.5. The maximum absolute atomic E-state index is 11.6. The number of hydrogen-bond donors (Lipinski definition) is 1. The molecule has 1 aliphatic heterocycles. The Kier molecular flexibility index (Phi) is 5.22. The van der Waals surface area contributed by atoms with Gasteiger partial charge in [-0.05, 0) is 36.6 Å². The van der Waals surface area contributed by atoms with E-state index < -0.39 is 9.84 Å². The number of rotatable bonds is 6. The van der Waals surface area contributed by atoms with Crippen LogP contribution in [0.15, 0.2) is 18.3 Å². The molecule has 0 radical (unpaired) electrons. The molecule has 118 valence electrons. The monoisotopic (exact) mass is 311 g/mol. The van der Waals surface area contributed by atoms with Crippen LogP contribution in [-0.4, -0.2) is 44.5 Å². The number of nitrogens with one attached hydrogen (secondary N) is 1. The fourth-order valence-corrected chi connectivity index (χ4v) is 4.31. The fourth-order valence-electron chi connectivity index (χ4n) is 2.54. The van der Waals surface area contributed by atoms with E-state index in [2.05, 4.69) is 24.1 Å². The third-order valence-corrected chi connectivity index (χ3v) is 5.56. The second-order valence-electron chi connectivity index (χ2n) is 6.21. The van der Waals surface area contributed by atoms with E-state index in [-0.39, 0.29) is 17.5 Å². The van der Waals surface area contributed by atoms with Crippen molar-refractivity contribution in [3.05, 3.63) is 23.9 Å². The molecule has 0 saturated carbocycles. The molecule has 1 unspecified atom stereocenters. The number of sulfone groups is 1. The van der Waals surface area contributed by atoms with Gasteiger partial charge in [0.15, 0.2) is 9.84 Å². The molecular formula is C15H25N3O2S. The molecule has 1 aromatic heterocycles. The summed E-state index contributed by atoms with van der Waals surface area (Å²) >= 11 is 0. The molecule has 1 aromatic rings. The van der Waals surface area contributed by atoms with Crippen LogP contribution in [0.1, 0.15) is 25.8 Å². The molecule has 0 aromatic carbocycles. The summed E-state index contributed by atoms with van der Waals surface area (Å²) in [5.74, 6) is 2.00. The summed E-state index contributed by atoms with van der Waals surface area (Å²) in [4.78, 5) is 6.37. The van der Waals surface area contributed by atoms with E-state index in [0.717, 1.165) is 18.9 Å². The highest BCUT2D eigenvalue weighted by atomic mass is 32.2. The molecule has 1 fully saturated rings. The first-order valence-corrected chi connectivity index (χ1v) is 9.28. The molecule has 6 heteroatoms. The maximum Gasteiger partial charge on any atom is 0.152 e. The fraction of sp³-hybridized carbons (Fsp3) is 0.667. The van der Waals surface area contributed by atoms with Crippen molar-refractivity contribution in [1.82, 2.24) is 10.3 Å². The predicted octanol–water partition coefficient (Wildman–Crippen LogP) is 1.45. The van der Waals surface area contributed by atoms with Crippen molar-refractivity contribution in [3.63, 3.8) is 0 Å². The lowest BCUT2D eigenvalue weighted by Crippen LogP contribution is -2.33. The van der Waals surface area contributed by atoms with Crippen LogP contribution in [0.25, 0.3) is 0 Å². The molecule has 2 rings (SSSR count). The van der Waals surface area contributed by atoms with Gasteiger partial charge in [0.2, 0.25) is 0 Å². The van der Waals surface area contributed by atoms with Crippen molar-refractivity contribution in [1.29, 1.82) is 0 Å². The highest BCUT2D eigenvalue weighted by Gasteiger charge is 2.31. The Balaban J connectivity index is 2.00. The molecule has 0 bridgehead atoms. The molecule has 1 N–H and O–H groups in total. The molecule has 1 atom stereocenters. The van der Waals surface area contributed by atoms with Gasteiger partial charge in [-0.2, -0.15) is 0 Å². The Hall–Kier alpha value is -1.14. The van der Waals surface area contributed by atoms with Gasteiger partial charge in [-0.1, -0.05) is 13.8 Å². The topological polar surface area (TPSA) is 62.3 Å². The van der Waals surface area contributed by atoms with Crippen LogP contribution >= 0.6 is 0 Å². The number of hydrogen-bond acceptors (Lipinski definition) is 5. The van der Waals surface area contributed by atoms with Crippen molar-refractivity contribution in [2.24, 2.45) is 5.92 Å². The lowest BCUT2D eigenvalue weighted by Gasteiger charge is -2.24. The van der Waals surface area contributed by atoms with Crippen LogP contribution in [0.4, 0.5) is 5.82 Å². The van der Waals surface area contributed by atoms with Crippen LogP contribution in [0.3, 0.4) is 0 Å². The van der Waals surface area contributed by atoms with Crippen molar-refractivity contribution in [2.75, 3.05) is 30.0 Å². The van der Waals surface area contributed by atoms with E-state index in [0.29, 0.717) is 12.3 Å². The molecule has 0 amide bonds. The first-order valence-electron chi connectivity index (χ1n) is 7.46. The van der Waals surface area contributed by atoms with Gasteiger partial charge in [0.25, 0.3) is 0 Å². The van der Waals surface area contributed by atoms with Gasteiger partial charge in [-0.3, -0.25) is 0 Å². The van der Waals surface area contributed by atoms with E-state index in [4.69, 9.17) is 0 Å². The van der Waals surface area contributed by atoms with Crippen molar-refractivity contribution < 1.29 is 8.42 Å². The zero-order valence-electron chi connectivity index (χ0n) is 13.0. The standard InChI is InChI=1S/C15H25N3O2S/c1-12(2)9-16-10-13-4-6-17-15(8-13)18(3)14-5-7-21(19,20)11-14/h4,6,8,12,14,16H,5,7,9-11H2,1-3H3. The van der Waals surface area contributed by atoms with Gasteiger partial charge < -0.3 is 10.2 Å². The molecule has 1 aliphatic rings. The lowest BCUT2D eigenvalue weighted by molar-refractivity contribution is 0.552. The quantitative estimate of drug-likeness (QED) is 0.861. The second-order valence-corrected chi connectivity index (χ2v) is 8.44. The highest BCUT2D eigenvalue weighted by molar-refractivity contribution is 7.91. The van der Waals surface area contributed by atoms with E-state index >= 15 is 0 Å². The highest BCUT2D eigenvalue weighted by Crippen LogP contribution is 2.21. The van der Waals surface area contributed by atoms with Crippen LogP contribution in [0.5, 0.6) is 0 Å². The predicted molar refractivity (Wildman–Crippen MR) is 86.2 cm³/mol. The first kappa shape index (κ1) is 16.2. The minimum atomic E-state index is -2.86. The second kappa shape index (κ2) is 6.75. The number of pyridine rings is 1. The largest absolute Gasteiger partial charge is 0.356 e. The van der Waals surface area contributed by atoms with Crippen molar-refractivity contribution >= 4 is 15.7 Å². The number of aromatic nitrogens is 1. The normalized spacial score (nSPS) is 20.9. The maximum atomic E-state index is 11.6. The van der Waals surface area contributed by atoms with Gasteiger partial charge in [0.05, 0.1) is 11.5 Å². The Bertz CT molecular complexity index is 572. The Morgan fingerprint density at radius 2 is 2.24 bits per heavy atom. The van der Waals surface area contributed by atoms with E-state index in [1.165, 1.54) is 5.56 Å². The van der Waals surface area contributed by atoms with E-state index in [9.17, 15) is 8.42 Å². The zero-order valence-corrected chi connectivity index (χ0v) is 13.9. The van der Waals surface area contributed by atoms with E-state index in [1.54, 1.807) is 6.20 Å². The smallest absolute Gasteiger partial charge is 0.152 e. The molecule has 1 saturated heterocycles. The third-order valence-electron chi connectivity index (χ3n) is 3.81. The summed E-state index contributed by atoms with van der Waals surface area (Å²) in [6, 6.07) is 4.08. The average molecular weight is 311 g/mol. The van der Waals surface area contributed by atoms with Crippen molar-refractivity contribution in [3.8, 4) is 0 Å². The molecular weight excluding hydrogens is 286 g/mol. The number of nitrogens with zero attached hydrogens (tertiary/aromatic N) is 2. The van der Waals surface area contributed by atoms with E-state index in [1.807, 2.05) is 24.1 Å². The number of anilines is 1. The molecule has 2 heterocycles. The summed E-state index contributed by atoms with van der Waals surface area (Å²) in [5, 5.41) is 3.41.